The van der Waals surface area contributed by atoms with Gasteiger partial charge in [-0.05, 0) is 81.1 Å². The van der Waals surface area contributed by atoms with Gasteiger partial charge >= 0.3 is 0 Å². The van der Waals surface area contributed by atoms with Crippen LogP contribution in [0.2, 0.25) is 0 Å². The van der Waals surface area contributed by atoms with E-state index < -0.39 is 0 Å². The Labute approximate surface area is 204 Å². The summed E-state index contributed by atoms with van der Waals surface area (Å²) in [7, 11) is 0. The Morgan fingerprint density at radius 1 is 0.667 bits per heavy atom. The molecule has 162 valence electrons. The highest BCUT2D eigenvalue weighted by molar-refractivity contribution is 9.11. The number of benzene rings is 1. The Balaban J connectivity index is 1.99. The molecule has 2 nitrogen and oxygen atoms in total. The van der Waals surface area contributed by atoms with Gasteiger partial charge in [0.2, 0.25) is 0 Å². The molecule has 0 spiro atoms. The van der Waals surface area contributed by atoms with Crippen molar-refractivity contribution in [1.29, 1.82) is 0 Å². The van der Waals surface area contributed by atoms with Gasteiger partial charge in [0.25, 0.3) is 0 Å². The molecular weight excluding hydrogens is 544 g/mol. The Bertz CT molecular complexity index is 857. The number of halogens is 2. The maximum absolute atomic E-state index is 6.30. The molecule has 3 aromatic rings. The molecule has 0 aliphatic heterocycles. The van der Waals surface area contributed by atoms with Crippen molar-refractivity contribution < 1.29 is 9.47 Å². The first kappa shape index (κ1) is 23.8. The second kappa shape index (κ2) is 12.3. The summed E-state index contributed by atoms with van der Waals surface area (Å²) < 4.78 is 14.8. The summed E-state index contributed by atoms with van der Waals surface area (Å²) in [6, 6.07) is 12.8. The molecule has 2 aromatic heterocycles. The van der Waals surface area contributed by atoms with E-state index in [1.165, 1.54) is 35.4 Å². The van der Waals surface area contributed by atoms with Gasteiger partial charge in [-0.15, -0.1) is 22.7 Å². The number of unbranched alkanes of at least 4 members (excludes halogenated alkanes) is 4. The molecule has 30 heavy (non-hydrogen) atoms. The van der Waals surface area contributed by atoms with Crippen LogP contribution in [0, 0.1) is 0 Å². The van der Waals surface area contributed by atoms with Crippen molar-refractivity contribution in [2.75, 3.05) is 13.2 Å². The highest BCUT2D eigenvalue weighted by Gasteiger charge is 2.18. The van der Waals surface area contributed by atoms with Crippen LogP contribution in [0.4, 0.5) is 0 Å². The average Bonchev–Trinajstić information content (AvgIpc) is 3.37. The number of hydrogen-bond acceptors (Lipinski definition) is 4. The van der Waals surface area contributed by atoms with E-state index in [-0.39, 0.29) is 0 Å². The monoisotopic (exact) mass is 570 g/mol. The van der Waals surface area contributed by atoms with E-state index in [2.05, 4.69) is 82.1 Å². The van der Waals surface area contributed by atoms with Gasteiger partial charge in [-0.25, -0.2) is 0 Å². The van der Waals surface area contributed by atoms with Crippen molar-refractivity contribution in [1.82, 2.24) is 0 Å². The summed E-state index contributed by atoms with van der Waals surface area (Å²) >= 11 is 10.6. The van der Waals surface area contributed by atoms with Gasteiger partial charge in [0, 0.05) is 20.9 Å². The lowest BCUT2D eigenvalue weighted by Crippen LogP contribution is -2.02. The molecule has 0 amide bonds. The van der Waals surface area contributed by atoms with Crippen LogP contribution in [0.25, 0.3) is 20.9 Å². The summed E-state index contributed by atoms with van der Waals surface area (Å²) in [6.07, 6.45) is 6.88. The van der Waals surface area contributed by atoms with E-state index in [0.29, 0.717) is 0 Å². The predicted octanol–water partition coefficient (Wildman–Crippen LogP) is 9.81. The lowest BCUT2D eigenvalue weighted by Gasteiger charge is -2.17. The quantitative estimate of drug-likeness (QED) is 0.201. The largest absolute Gasteiger partial charge is 0.493 e. The molecule has 6 heteroatoms. The Hall–Kier alpha value is -0.820. The van der Waals surface area contributed by atoms with E-state index in [0.717, 1.165) is 56.3 Å². The summed E-state index contributed by atoms with van der Waals surface area (Å²) in [6.45, 7) is 5.90. The summed E-state index contributed by atoms with van der Waals surface area (Å²) in [4.78, 5) is 2.37. The van der Waals surface area contributed by atoms with Gasteiger partial charge in [0.1, 0.15) is 11.5 Å². The molecule has 0 N–H and O–H groups in total. The summed E-state index contributed by atoms with van der Waals surface area (Å²) in [5.41, 5.74) is 2.21. The summed E-state index contributed by atoms with van der Waals surface area (Å²) in [5, 5.41) is 0. The molecule has 1 aromatic carbocycles. The van der Waals surface area contributed by atoms with Crippen molar-refractivity contribution in [3.05, 3.63) is 44.0 Å². The average molecular weight is 572 g/mol. The summed E-state index contributed by atoms with van der Waals surface area (Å²) in [5.74, 6) is 1.86. The third-order valence-corrected chi connectivity index (χ3v) is 8.08. The highest BCUT2D eigenvalue weighted by Crippen LogP contribution is 2.45. The molecule has 0 aliphatic carbocycles. The van der Waals surface area contributed by atoms with E-state index in [9.17, 15) is 0 Å². The normalized spacial score (nSPS) is 11.1. The molecule has 0 atom stereocenters. The van der Waals surface area contributed by atoms with Crippen molar-refractivity contribution in [3.8, 4) is 32.4 Å². The SMILES string of the molecule is CCCCCOc1cc(-c2ccc(Br)s2)c(OCCCCC)cc1-c1ccc(Br)s1. The Kier molecular flexibility index (Phi) is 9.75. The Morgan fingerprint density at radius 2 is 1.10 bits per heavy atom. The minimum absolute atomic E-state index is 0.734. The van der Waals surface area contributed by atoms with Crippen molar-refractivity contribution in [3.63, 3.8) is 0 Å². The van der Waals surface area contributed by atoms with Gasteiger partial charge in [-0.2, -0.15) is 0 Å². The highest BCUT2D eigenvalue weighted by atomic mass is 79.9. The first-order valence-electron chi connectivity index (χ1n) is 10.6. The zero-order chi connectivity index (χ0) is 21.3. The van der Waals surface area contributed by atoms with Gasteiger partial charge in [-0.1, -0.05) is 39.5 Å². The molecule has 0 aliphatic rings. The van der Waals surface area contributed by atoms with Crippen LogP contribution in [0.3, 0.4) is 0 Å². The maximum Gasteiger partial charge on any atom is 0.128 e. The minimum Gasteiger partial charge on any atom is -0.493 e. The first-order valence-corrected chi connectivity index (χ1v) is 13.8. The minimum atomic E-state index is 0.734. The zero-order valence-electron chi connectivity index (χ0n) is 17.5. The third-order valence-electron chi connectivity index (χ3n) is 4.77. The van der Waals surface area contributed by atoms with Crippen LogP contribution in [0.15, 0.2) is 44.0 Å². The second-order valence-electron chi connectivity index (χ2n) is 7.16. The van der Waals surface area contributed by atoms with E-state index in [1.807, 2.05) is 0 Å². The van der Waals surface area contributed by atoms with Gasteiger partial charge in [0.15, 0.2) is 0 Å². The number of hydrogen-bond donors (Lipinski definition) is 0. The molecule has 0 bridgehead atoms. The molecule has 0 unspecified atom stereocenters. The van der Waals surface area contributed by atoms with E-state index in [1.54, 1.807) is 22.7 Å². The second-order valence-corrected chi connectivity index (χ2v) is 12.1. The van der Waals surface area contributed by atoms with Gasteiger partial charge < -0.3 is 9.47 Å². The number of rotatable bonds is 12. The fourth-order valence-corrected chi connectivity index (χ4v) is 5.98. The van der Waals surface area contributed by atoms with Gasteiger partial charge in [0.05, 0.1) is 20.8 Å². The Morgan fingerprint density at radius 3 is 1.43 bits per heavy atom. The zero-order valence-corrected chi connectivity index (χ0v) is 22.3. The molecular formula is C24H28Br2O2S2. The predicted molar refractivity (Wildman–Crippen MR) is 139 cm³/mol. The van der Waals surface area contributed by atoms with Crippen molar-refractivity contribution in [2.24, 2.45) is 0 Å². The van der Waals surface area contributed by atoms with Crippen LogP contribution in [0.1, 0.15) is 52.4 Å². The molecule has 0 saturated heterocycles. The third kappa shape index (κ3) is 6.59. The molecule has 0 fully saturated rings. The smallest absolute Gasteiger partial charge is 0.128 e. The molecule has 0 saturated carbocycles. The topological polar surface area (TPSA) is 18.5 Å². The van der Waals surface area contributed by atoms with Crippen LogP contribution in [-0.2, 0) is 0 Å². The van der Waals surface area contributed by atoms with Crippen molar-refractivity contribution >= 4 is 54.5 Å². The fourth-order valence-electron chi connectivity index (χ4n) is 3.17. The number of thiophene rings is 2. The number of ether oxygens (including phenoxy) is 2. The van der Waals surface area contributed by atoms with Crippen LogP contribution in [0.5, 0.6) is 11.5 Å². The van der Waals surface area contributed by atoms with E-state index >= 15 is 0 Å². The lowest BCUT2D eigenvalue weighted by atomic mass is 10.1. The van der Waals surface area contributed by atoms with Crippen LogP contribution >= 0.6 is 54.5 Å². The fraction of sp³-hybridized carbons (Fsp3) is 0.417. The van der Waals surface area contributed by atoms with E-state index in [4.69, 9.17) is 9.47 Å². The van der Waals surface area contributed by atoms with Crippen molar-refractivity contribution in [2.45, 2.75) is 52.4 Å². The first-order chi connectivity index (χ1) is 14.6. The lowest BCUT2D eigenvalue weighted by molar-refractivity contribution is 0.300. The van der Waals surface area contributed by atoms with Gasteiger partial charge in [-0.3, -0.25) is 0 Å². The van der Waals surface area contributed by atoms with Crippen LogP contribution in [-0.4, -0.2) is 13.2 Å². The van der Waals surface area contributed by atoms with Crippen LogP contribution < -0.4 is 9.47 Å². The molecule has 0 radical (unpaired) electrons. The molecule has 2 heterocycles. The molecule has 3 rings (SSSR count). The maximum atomic E-state index is 6.30. The standard InChI is InChI=1S/C24H28Br2O2S2/c1-3-5-7-13-27-19-15-18(22-10-12-24(26)30-22)20(28-14-8-6-4-2)16-17(19)21-9-11-23(25)29-21/h9-12,15-16H,3-8,13-14H2,1-2H3.